The molecular formula is C12H11N3O2S. The van der Waals surface area contributed by atoms with Crippen molar-refractivity contribution in [1.82, 2.24) is 15.0 Å². The SMILES string of the molecule is Cc1cc(C)nc(Sc2cncc(C(=O)O)n2)c1. The van der Waals surface area contributed by atoms with Crippen LogP contribution in [-0.4, -0.2) is 26.0 Å². The highest BCUT2D eigenvalue weighted by molar-refractivity contribution is 7.99. The van der Waals surface area contributed by atoms with Crippen LogP contribution < -0.4 is 0 Å². The predicted molar refractivity (Wildman–Crippen MR) is 66.8 cm³/mol. The van der Waals surface area contributed by atoms with Crippen LogP contribution in [0.4, 0.5) is 0 Å². The fourth-order valence-corrected chi connectivity index (χ4v) is 2.37. The maximum atomic E-state index is 10.8. The minimum absolute atomic E-state index is 0.0654. The summed E-state index contributed by atoms with van der Waals surface area (Å²) in [5.74, 6) is -1.08. The van der Waals surface area contributed by atoms with Crippen molar-refractivity contribution in [2.75, 3.05) is 0 Å². The number of pyridine rings is 1. The van der Waals surface area contributed by atoms with E-state index < -0.39 is 5.97 Å². The lowest BCUT2D eigenvalue weighted by Crippen LogP contribution is -2.01. The molecule has 0 fully saturated rings. The zero-order valence-corrected chi connectivity index (χ0v) is 10.7. The van der Waals surface area contributed by atoms with Gasteiger partial charge in [-0.2, -0.15) is 0 Å². The molecule has 0 radical (unpaired) electrons. The van der Waals surface area contributed by atoms with Crippen molar-refractivity contribution >= 4 is 17.7 Å². The Morgan fingerprint density at radius 1 is 1.17 bits per heavy atom. The van der Waals surface area contributed by atoms with Gasteiger partial charge in [-0.25, -0.2) is 14.8 Å². The van der Waals surface area contributed by atoms with Gasteiger partial charge in [0.05, 0.1) is 12.4 Å². The largest absolute Gasteiger partial charge is 0.476 e. The number of hydrogen-bond acceptors (Lipinski definition) is 5. The zero-order valence-electron chi connectivity index (χ0n) is 9.91. The Bertz CT molecular complexity index is 581. The lowest BCUT2D eigenvalue weighted by Gasteiger charge is -2.03. The number of carbonyl (C=O) groups is 1. The van der Waals surface area contributed by atoms with E-state index in [1.165, 1.54) is 24.2 Å². The molecule has 6 heteroatoms. The van der Waals surface area contributed by atoms with E-state index in [1.54, 1.807) is 0 Å². The van der Waals surface area contributed by atoms with Gasteiger partial charge >= 0.3 is 5.97 Å². The van der Waals surface area contributed by atoms with Crippen LogP contribution in [0.5, 0.6) is 0 Å². The summed E-state index contributed by atoms with van der Waals surface area (Å²) in [5.41, 5.74) is 1.96. The summed E-state index contributed by atoms with van der Waals surface area (Å²) in [5, 5.41) is 10.1. The molecular weight excluding hydrogens is 250 g/mol. The Morgan fingerprint density at radius 2 is 1.94 bits per heavy atom. The highest BCUT2D eigenvalue weighted by Crippen LogP contribution is 2.24. The molecule has 2 rings (SSSR count). The van der Waals surface area contributed by atoms with E-state index in [4.69, 9.17) is 5.11 Å². The number of aromatic carboxylic acids is 1. The molecule has 2 aromatic rings. The summed E-state index contributed by atoms with van der Waals surface area (Å²) in [4.78, 5) is 23.0. The van der Waals surface area contributed by atoms with Crippen LogP contribution >= 0.6 is 11.8 Å². The first kappa shape index (κ1) is 12.5. The average molecular weight is 261 g/mol. The van der Waals surface area contributed by atoms with E-state index in [1.807, 2.05) is 26.0 Å². The summed E-state index contributed by atoms with van der Waals surface area (Å²) in [6.45, 7) is 3.90. The predicted octanol–water partition coefficient (Wildman–Crippen LogP) is 2.34. The molecule has 1 N–H and O–H groups in total. The van der Waals surface area contributed by atoms with Crippen molar-refractivity contribution in [1.29, 1.82) is 0 Å². The van der Waals surface area contributed by atoms with Crippen molar-refractivity contribution in [2.24, 2.45) is 0 Å². The zero-order chi connectivity index (χ0) is 13.1. The monoisotopic (exact) mass is 261 g/mol. The van der Waals surface area contributed by atoms with Crippen molar-refractivity contribution in [3.63, 3.8) is 0 Å². The number of rotatable bonds is 3. The lowest BCUT2D eigenvalue weighted by molar-refractivity contribution is 0.0689. The Balaban J connectivity index is 2.28. The fraction of sp³-hybridized carbons (Fsp3) is 0.167. The molecule has 5 nitrogen and oxygen atoms in total. The van der Waals surface area contributed by atoms with Gasteiger partial charge in [-0.1, -0.05) is 0 Å². The first-order chi connectivity index (χ1) is 8.54. The van der Waals surface area contributed by atoms with E-state index in [0.29, 0.717) is 5.03 Å². The first-order valence-electron chi connectivity index (χ1n) is 5.23. The Labute approximate surface area is 108 Å². The highest BCUT2D eigenvalue weighted by Gasteiger charge is 2.08. The average Bonchev–Trinajstić information content (AvgIpc) is 2.27. The van der Waals surface area contributed by atoms with E-state index in [-0.39, 0.29) is 5.69 Å². The fourth-order valence-electron chi connectivity index (χ4n) is 1.46. The number of aromatic nitrogens is 3. The minimum Gasteiger partial charge on any atom is -0.476 e. The van der Waals surface area contributed by atoms with E-state index in [0.717, 1.165) is 16.3 Å². The highest BCUT2D eigenvalue weighted by atomic mass is 32.2. The summed E-state index contributed by atoms with van der Waals surface area (Å²) < 4.78 is 0. The van der Waals surface area contributed by atoms with Crippen LogP contribution in [0.1, 0.15) is 21.7 Å². The van der Waals surface area contributed by atoms with Gasteiger partial charge in [0.2, 0.25) is 0 Å². The minimum atomic E-state index is -1.08. The first-order valence-corrected chi connectivity index (χ1v) is 6.05. The summed E-state index contributed by atoms with van der Waals surface area (Å²) in [6.07, 6.45) is 2.75. The number of hydrogen-bond donors (Lipinski definition) is 1. The van der Waals surface area contributed by atoms with Crippen molar-refractivity contribution in [3.05, 3.63) is 41.5 Å². The van der Waals surface area contributed by atoms with Gasteiger partial charge in [-0.3, -0.25) is 4.98 Å². The van der Waals surface area contributed by atoms with Crippen LogP contribution in [0.2, 0.25) is 0 Å². The van der Waals surface area contributed by atoms with Crippen LogP contribution in [0.15, 0.2) is 34.6 Å². The molecule has 2 heterocycles. The number of carboxylic acid groups (broad SMARTS) is 1. The summed E-state index contributed by atoms with van der Waals surface area (Å²) >= 11 is 1.30. The number of aryl methyl sites for hydroxylation is 2. The maximum absolute atomic E-state index is 10.8. The molecule has 0 atom stereocenters. The van der Waals surface area contributed by atoms with Gasteiger partial charge in [-0.05, 0) is 43.3 Å². The lowest BCUT2D eigenvalue weighted by atomic mass is 10.3. The van der Waals surface area contributed by atoms with Crippen molar-refractivity contribution in [2.45, 2.75) is 23.9 Å². The van der Waals surface area contributed by atoms with E-state index in [9.17, 15) is 4.79 Å². The van der Waals surface area contributed by atoms with Gasteiger partial charge in [0.1, 0.15) is 10.1 Å². The molecule has 0 aromatic carbocycles. The third-order valence-electron chi connectivity index (χ3n) is 2.11. The molecule has 0 aliphatic heterocycles. The molecule has 2 aromatic heterocycles. The second-order valence-corrected chi connectivity index (χ2v) is 4.81. The maximum Gasteiger partial charge on any atom is 0.356 e. The third-order valence-corrected chi connectivity index (χ3v) is 2.94. The molecule has 0 aliphatic rings. The molecule has 0 bridgehead atoms. The Kier molecular flexibility index (Phi) is 3.57. The Morgan fingerprint density at radius 3 is 2.61 bits per heavy atom. The molecule has 0 unspecified atom stereocenters. The van der Waals surface area contributed by atoms with Crippen molar-refractivity contribution in [3.8, 4) is 0 Å². The second kappa shape index (κ2) is 5.14. The molecule has 18 heavy (non-hydrogen) atoms. The van der Waals surface area contributed by atoms with Crippen LogP contribution in [0.3, 0.4) is 0 Å². The van der Waals surface area contributed by atoms with E-state index in [2.05, 4.69) is 15.0 Å². The molecule has 0 saturated heterocycles. The van der Waals surface area contributed by atoms with Gasteiger partial charge in [0.15, 0.2) is 5.69 Å². The topological polar surface area (TPSA) is 76.0 Å². The van der Waals surface area contributed by atoms with Gasteiger partial charge < -0.3 is 5.11 Å². The molecule has 0 spiro atoms. The van der Waals surface area contributed by atoms with Gasteiger partial charge in [-0.15, -0.1) is 0 Å². The summed E-state index contributed by atoms with van der Waals surface area (Å²) in [7, 11) is 0. The van der Waals surface area contributed by atoms with Crippen LogP contribution in [0.25, 0.3) is 0 Å². The Hall–Kier alpha value is -1.95. The number of carboxylic acids is 1. The summed E-state index contributed by atoms with van der Waals surface area (Å²) in [6, 6.07) is 3.90. The molecule has 0 aliphatic carbocycles. The molecule has 92 valence electrons. The molecule has 0 saturated carbocycles. The normalized spacial score (nSPS) is 10.3. The molecule has 0 amide bonds. The standard InChI is InChI=1S/C12H11N3O2S/c1-7-3-8(2)14-10(4-7)18-11-6-13-5-9(15-11)12(16)17/h3-6H,1-2H3,(H,16,17). The quantitative estimate of drug-likeness (QED) is 0.913. The van der Waals surface area contributed by atoms with Gasteiger partial charge in [0, 0.05) is 5.69 Å². The van der Waals surface area contributed by atoms with Crippen molar-refractivity contribution < 1.29 is 9.90 Å². The van der Waals surface area contributed by atoms with Crippen LogP contribution in [0, 0.1) is 13.8 Å². The second-order valence-electron chi connectivity index (χ2n) is 3.77. The van der Waals surface area contributed by atoms with Crippen LogP contribution in [-0.2, 0) is 0 Å². The smallest absolute Gasteiger partial charge is 0.356 e. The number of nitrogens with zero attached hydrogens (tertiary/aromatic N) is 3. The third kappa shape index (κ3) is 3.04. The van der Waals surface area contributed by atoms with Gasteiger partial charge in [0.25, 0.3) is 0 Å². The van der Waals surface area contributed by atoms with E-state index >= 15 is 0 Å².